The Morgan fingerprint density at radius 1 is 1.26 bits per heavy atom. The summed E-state index contributed by atoms with van der Waals surface area (Å²) in [6.45, 7) is 12.7. The third-order valence-corrected chi connectivity index (χ3v) is 6.90. The third kappa shape index (κ3) is 6.88. The van der Waals surface area contributed by atoms with Gasteiger partial charge in [-0.05, 0) is 77.4 Å². The summed E-state index contributed by atoms with van der Waals surface area (Å²) in [5.74, 6) is -3.66. The number of amides is 2. The van der Waals surface area contributed by atoms with Gasteiger partial charge in [-0.25, -0.2) is 4.39 Å². The first kappa shape index (κ1) is 24.8. The molecule has 1 aromatic rings. The van der Waals surface area contributed by atoms with Gasteiger partial charge in [-0.1, -0.05) is 6.07 Å². The summed E-state index contributed by atoms with van der Waals surface area (Å²) in [4.78, 5) is 38.3. The average molecular weight is 494 g/mol. The number of halogens is 1. The van der Waals surface area contributed by atoms with Crippen LogP contribution in [0.2, 0.25) is 19.6 Å². The normalized spacial score (nSPS) is 23.9. The molecule has 0 spiro atoms. The molecule has 34 heavy (non-hydrogen) atoms. The van der Waals surface area contributed by atoms with E-state index in [4.69, 9.17) is 10.5 Å². The van der Waals surface area contributed by atoms with E-state index in [0.29, 0.717) is 31.6 Å². The molecule has 2 aliphatic rings. The number of anilines is 1. The van der Waals surface area contributed by atoms with Gasteiger partial charge in [-0.2, -0.15) is 0 Å². The molecule has 1 N–H and O–H groups in total. The predicted molar refractivity (Wildman–Crippen MR) is 131 cm³/mol. The van der Waals surface area contributed by atoms with Crippen molar-refractivity contribution in [3.05, 3.63) is 29.6 Å². The monoisotopic (exact) mass is 493 g/mol. The molecule has 9 heteroatoms. The second kappa shape index (κ2) is 9.77. The van der Waals surface area contributed by atoms with E-state index < -0.39 is 43.0 Å². The van der Waals surface area contributed by atoms with Crippen molar-refractivity contribution in [3.63, 3.8) is 0 Å². The average Bonchev–Trinajstić information content (AvgIpc) is 2.69. The molecule has 1 atom stereocenters. The highest BCUT2D eigenvalue weighted by atomic mass is 28.4. The summed E-state index contributed by atoms with van der Waals surface area (Å²) < 4.78 is 35.8. The zero-order valence-corrected chi connectivity index (χ0v) is 22.0. The first-order valence-electron chi connectivity index (χ1n) is 12.3. The fraction of sp³-hybridized carbons (Fsp3) is 0.640. The molecule has 2 heterocycles. The summed E-state index contributed by atoms with van der Waals surface area (Å²) in [5.41, 5.74) is -0.635. The lowest BCUT2D eigenvalue weighted by Gasteiger charge is -2.45. The van der Waals surface area contributed by atoms with E-state index in [1.807, 2.05) is 25.7 Å². The summed E-state index contributed by atoms with van der Waals surface area (Å²) in [7, 11) is -1.98. The molecule has 2 aliphatic heterocycles. The molecular formula is C25H37FN2O5Si. The topological polar surface area (TPSA) is 84.9 Å². The number of nitrogens with zero attached hydrogens (tertiary/aromatic N) is 1. The minimum atomic E-state index is -1.98. The van der Waals surface area contributed by atoms with Gasteiger partial charge in [0.05, 0.1) is 23.6 Å². The number of esters is 1. The molecule has 2 fully saturated rings. The van der Waals surface area contributed by atoms with Crippen LogP contribution in [0.3, 0.4) is 0 Å². The van der Waals surface area contributed by atoms with Crippen LogP contribution in [-0.4, -0.2) is 50.4 Å². The number of carbonyl (C=O) groups is 3. The fourth-order valence-electron chi connectivity index (χ4n) is 4.60. The third-order valence-electron chi connectivity index (χ3n) is 5.85. The van der Waals surface area contributed by atoms with Crippen LogP contribution in [-0.2, 0) is 23.5 Å². The highest BCUT2D eigenvalue weighted by Crippen LogP contribution is 2.37. The molecule has 1 unspecified atom stereocenters. The Kier molecular flexibility index (Phi) is 7.14. The predicted octanol–water partition coefficient (Wildman–Crippen LogP) is 4.27. The Bertz CT molecular complexity index is 999. The van der Waals surface area contributed by atoms with Crippen molar-refractivity contribution < 1.29 is 29.3 Å². The molecule has 188 valence electrons. The zero-order valence-electron chi connectivity index (χ0n) is 22.0. The Hall–Kier alpha value is -2.26. The van der Waals surface area contributed by atoms with Gasteiger partial charge in [-0.3, -0.25) is 19.7 Å². The van der Waals surface area contributed by atoms with E-state index in [1.165, 1.54) is 6.07 Å². The van der Waals surface area contributed by atoms with Gasteiger partial charge in [-0.15, -0.1) is 0 Å². The van der Waals surface area contributed by atoms with Crippen molar-refractivity contribution in [1.82, 2.24) is 5.32 Å². The summed E-state index contributed by atoms with van der Waals surface area (Å²) in [6.07, 6.45) is 1.30. The number of carbonyl (C=O) groups excluding carboxylic acids is 3. The first-order chi connectivity index (χ1) is 16.0. The van der Waals surface area contributed by atoms with Crippen molar-refractivity contribution in [3.8, 4) is 0 Å². The van der Waals surface area contributed by atoms with Crippen LogP contribution in [0.5, 0.6) is 0 Å². The van der Waals surface area contributed by atoms with Crippen LogP contribution in [0.15, 0.2) is 18.2 Å². The fourth-order valence-corrected chi connectivity index (χ4v) is 6.18. The molecule has 0 radical (unpaired) electrons. The van der Waals surface area contributed by atoms with E-state index in [-0.39, 0.29) is 30.8 Å². The van der Waals surface area contributed by atoms with Gasteiger partial charge in [0.15, 0.2) is 8.32 Å². The van der Waals surface area contributed by atoms with Crippen LogP contribution < -0.4 is 10.2 Å². The van der Waals surface area contributed by atoms with Crippen LogP contribution in [0.25, 0.3) is 0 Å². The summed E-state index contributed by atoms with van der Waals surface area (Å²) in [5, 5.41) is 2.18. The number of rotatable bonds is 6. The number of piperidine rings is 2. The Morgan fingerprint density at radius 3 is 2.44 bits per heavy atom. The minimum Gasteiger partial charge on any atom is -0.460 e. The van der Waals surface area contributed by atoms with Gasteiger partial charge in [0.25, 0.3) is 0 Å². The van der Waals surface area contributed by atoms with Gasteiger partial charge in [0.1, 0.15) is 11.4 Å². The van der Waals surface area contributed by atoms with Crippen LogP contribution >= 0.6 is 0 Å². The zero-order chi connectivity index (χ0) is 26.2. The van der Waals surface area contributed by atoms with Gasteiger partial charge in [0, 0.05) is 20.9 Å². The second-order valence-corrected chi connectivity index (χ2v) is 15.6. The SMILES string of the molecule is [2H]C1(c2ccc(N3CCC(CC(=O)OC(C)(C)C)(O[Si](C)(C)C)CC3)c(F)c2)CCC(=O)NC1=O. The number of nitrogens with one attached hydrogen (secondary N) is 1. The van der Waals surface area contributed by atoms with Crippen LogP contribution in [0.1, 0.15) is 65.7 Å². The van der Waals surface area contributed by atoms with E-state index >= 15 is 4.39 Å². The van der Waals surface area contributed by atoms with Crippen molar-refractivity contribution in [2.24, 2.45) is 0 Å². The molecule has 2 saturated heterocycles. The molecule has 0 bridgehead atoms. The molecule has 7 nitrogen and oxygen atoms in total. The van der Waals surface area contributed by atoms with Gasteiger partial charge in [0.2, 0.25) is 11.8 Å². The van der Waals surface area contributed by atoms with Crippen LogP contribution in [0, 0.1) is 5.82 Å². The lowest BCUT2D eigenvalue weighted by Crippen LogP contribution is -2.52. The second-order valence-electron chi connectivity index (χ2n) is 11.2. The smallest absolute Gasteiger partial charge is 0.309 e. The number of benzene rings is 1. The van der Waals surface area contributed by atoms with Crippen molar-refractivity contribution >= 4 is 31.8 Å². The number of hydrogen-bond acceptors (Lipinski definition) is 6. The van der Waals surface area contributed by atoms with Crippen LogP contribution in [0.4, 0.5) is 10.1 Å². The Morgan fingerprint density at radius 2 is 1.91 bits per heavy atom. The molecule has 3 rings (SSSR count). The maximum atomic E-state index is 15.2. The highest BCUT2D eigenvalue weighted by molar-refractivity contribution is 6.69. The maximum Gasteiger partial charge on any atom is 0.309 e. The molecule has 0 saturated carbocycles. The Labute approximate surface area is 203 Å². The molecule has 2 amide bonds. The molecule has 0 aromatic heterocycles. The molecule has 1 aromatic carbocycles. The van der Waals surface area contributed by atoms with Gasteiger partial charge >= 0.3 is 5.97 Å². The highest BCUT2D eigenvalue weighted by Gasteiger charge is 2.42. The summed E-state index contributed by atoms with van der Waals surface area (Å²) in [6, 6.07) is 4.39. The van der Waals surface area contributed by atoms with E-state index in [2.05, 4.69) is 25.0 Å². The van der Waals surface area contributed by atoms with E-state index in [9.17, 15) is 14.4 Å². The standard InChI is InChI=1S/C25H37FN2O5Si/c1-24(2,3)32-22(30)16-25(33-34(4,5)6)11-13-28(14-12-25)20-9-7-17(15-19(20)26)18-8-10-21(29)27-23(18)31/h7,9,15,18H,8,10-14,16H2,1-6H3,(H,27,29,31)/i18D. The number of imide groups is 1. The lowest BCUT2D eigenvalue weighted by molar-refractivity contribution is -0.160. The van der Waals surface area contributed by atoms with E-state index in [0.717, 1.165) is 0 Å². The molecule has 0 aliphatic carbocycles. The maximum absolute atomic E-state index is 15.2. The van der Waals surface area contributed by atoms with Crippen molar-refractivity contribution in [1.29, 1.82) is 0 Å². The van der Waals surface area contributed by atoms with Crippen molar-refractivity contribution in [2.45, 2.75) is 89.6 Å². The summed E-state index contributed by atoms with van der Waals surface area (Å²) >= 11 is 0. The van der Waals surface area contributed by atoms with Crippen molar-refractivity contribution in [2.75, 3.05) is 18.0 Å². The van der Waals surface area contributed by atoms with Gasteiger partial charge < -0.3 is 14.1 Å². The number of ether oxygens (including phenoxy) is 1. The quantitative estimate of drug-likeness (QED) is 0.362. The number of hydrogen-bond donors (Lipinski definition) is 1. The minimum absolute atomic E-state index is 0.0153. The largest absolute Gasteiger partial charge is 0.460 e. The first-order valence-corrected chi connectivity index (χ1v) is 15.2. The Balaban J connectivity index is 1.76. The lowest BCUT2D eigenvalue weighted by atomic mass is 9.87. The molecular weight excluding hydrogens is 455 g/mol. The van der Waals surface area contributed by atoms with E-state index in [1.54, 1.807) is 12.1 Å².